The minimum absolute atomic E-state index is 0.703. The van der Waals surface area contributed by atoms with Gasteiger partial charge in [-0.3, -0.25) is 0 Å². The van der Waals surface area contributed by atoms with E-state index in [1.165, 1.54) is 11.1 Å². The van der Waals surface area contributed by atoms with Crippen molar-refractivity contribution in [2.45, 2.75) is 26.8 Å². The van der Waals surface area contributed by atoms with E-state index < -0.39 is 0 Å². The summed E-state index contributed by atoms with van der Waals surface area (Å²) in [5.74, 6) is 0.703. The van der Waals surface area contributed by atoms with Crippen molar-refractivity contribution >= 4 is 39.9 Å². The lowest BCUT2D eigenvalue weighted by atomic mass is 10.0. The predicted molar refractivity (Wildman–Crippen MR) is 96.5 cm³/mol. The Kier molecular flexibility index (Phi) is 5.73. The van der Waals surface area contributed by atoms with Gasteiger partial charge in [-0.25, -0.2) is 0 Å². The third-order valence-corrected chi connectivity index (χ3v) is 4.21. The summed E-state index contributed by atoms with van der Waals surface area (Å²) in [6.07, 6.45) is 1.14. The van der Waals surface area contributed by atoms with E-state index in [0.717, 1.165) is 27.2 Å². The Morgan fingerprint density at radius 2 is 1.70 bits per heavy atom. The van der Waals surface area contributed by atoms with Crippen LogP contribution in [-0.4, -0.2) is 0 Å². The molecule has 0 atom stereocenters. The second kappa shape index (κ2) is 7.32. The van der Waals surface area contributed by atoms with Gasteiger partial charge in [-0.2, -0.15) is 0 Å². The van der Waals surface area contributed by atoms with Crippen molar-refractivity contribution in [3.63, 3.8) is 0 Å². The molecule has 0 heterocycles. The monoisotopic (exact) mass is 399 g/mol. The van der Waals surface area contributed by atoms with Crippen LogP contribution in [0.3, 0.4) is 0 Å². The molecule has 0 aromatic heterocycles. The lowest BCUT2D eigenvalue weighted by molar-refractivity contribution is 0.647. The van der Waals surface area contributed by atoms with E-state index in [1.54, 1.807) is 0 Å². The zero-order valence-corrected chi connectivity index (χ0v) is 14.7. The summed E-state index contributed by atoms with van der Waals surface area (Å²) >= 11 is 8.26. The molecule has 0 aliphatic rings. The summed E-state index contributed by atoms with van der Waals surface area (Å²) in [5, 5.41) is 4.23. The highest BCUT2D eigenvalue weighted by atomic mass is 127. The molecule has 0 fully saturated rings. The number of halogens is 2. The SMILES string of the molecule is CC(C)Cc1ccc(CNc2ccc(Cl)cc2I)cc1. The normalized spacial score (nSPS) is 10.8. The number of nitrogens with one attached hydrogen (secondary N) is 1. The van der Waals surface area contributed by atoms with E-state index >= 15 is 0 Å². The molecular formula is C17H19ClIN. The maximum Gasteiger partial charge on any atom is 0.0479 e. The highest BCUT2D eigenvalue weighted by Gasteiger charge is 2.01. The third kappa shape index (κ3) is 4.67. The Hall–Kier alpha value is -0.740. The fourth-order valence-electron chi connectivity index (χ4n) is 2.09. The molecule has 0 radical (unpaired) electrons. The molecule has 20 heavy (non-hydrogen) atoms. The van der Waals surface area contributed by atoms with Gasteiger partial charge in [0, 0.05) is 20.8 Å². The van der Waals surface area contributed by atoms with Crippen LogP contribution in [0.15, 0.2) is 42.5 Å². The molecule has 0 spiro atoms. The number of rotatable bonds is 5. The van der Waals surface area contributed by atoms with Crippen LogP contribution in [0.25, 0.3) is 0 Å². The van der Waals surface area contributed by atoms with Gasteiger partial charge in [0.2, 0.25) is 0 Å². The van der Waals surface area contributed by atoms with Crippen molar-refractivity contribution in [2.75, 3.05) is 5.32 Å². The zero-order valence-electron chi connectivity index (χ0n) is 11.8. The second-order valence-electron chi connectivity index (χ2n) is 5.39. The van der Waals surface area contributed by atoms with Gasteiger partial charge in [0.25, 0.3) is 0 Å². The predicted octanol–water partition coefficient (Wildman–Crippen LogP) is 5.76. The highest BCUT2D eigenvalue weighted by molar-refractivity contribution is 14.1. The molecule has 1 N–H and O–H groups in total. The van der Waals surface area contributed by atoms with Crippen molar-refractivity contribution in [1.29, 1.82) is 0 Å². The van der Waals surface area contributed by atoms with Gasteiger partial charge in [0.05, 0.1) is 0 Å². The van der Waals surface area contributed by atoms with Gasteiger partial charge in [0.15, 0.2) is 0 Å². The van der Waals surface area contributed by atoms with Crippen molar-refractivity contribution in [3.8, 4) is 0 Å². The Bertz CT molecular complexity index is 564. The van der Waals surface area contributed by atoms with Crippen LogP contribution < -0.4 is 5.32 Å². The summed E-state index contributed by atoms with van der Waals surface area (Å²) in [6.45, 7) is 5.33. The molecule has 0 amide bonds. The first kappa shape index (κ1) is 15.6. The third-order valence-electron chi connectivity index (χ3n) is 3.08. The van der Waals surface area contributed by atoms with Crippen molar-refractivity contribution in [2.24, 2.45) is 5.92 Å². The number of benzene rings is 2. The molecule has 1 nitrogen and oxygen atoms in total. The Morgan fingerprint density at radius 3 is 2.30 bits per heavy atom. The zero-order chi connectivity index (χ0) is 14.5. The molecule has 0 unspecified atom stereocenters. The van der Waals surface area contributed by atoms with E-state index in [-0.39, 0.29) is 0 Å². The molecule has 0 aliphatic carbocycles. The van der Waals surface area contributed by atoms with Gasteiger partial charge in [-0.05, 0) is 64.3 Å². The van der Waals surface area contributed by atoms with Gasteiger partial charge in [0.1, 0.15) is 0 Å². The smallest absolute Gasteiger partial charge is 0.0479 e. The van der Waals surface area contributed by atoms with E-state index in [9.17, 15) is 0 Å². The first-order chi connectivity index (χ1) is 9.54. The van der Waals surface area contributed by atoms with Crippen LogP contribution >= 0.6 is 34.2 Å². The standard InChI is InChI=1S/C17H19ClIN/c1-12(2)9-13-3-5-14(6-4-13)11-20-17-8-7-15(18)10-16(17)19/h3-8,10,12,20H,9,11H2,1-2H3. The van der Waals surface area contributed by atoms with Crippen LogP contribution in [0.4, 0.5) is 5.69 Å². The van der Waals surface area contributed by atoms with Crippen LogP contribution in [-0.2, 0) is 13.0 Å². The van der Waals surface area contributed by atoms with Crippen LogP contribution in [0.2, 0.25) is 5.02 Å². The molecule has 2 aromatic rings. The summed E-state index contributed by atoms with van der Waals surface area (Å²) in [4.78, 5) is 0. The fraction of sp³-hybridized carbons (Fsp3) is 0.294. The van der Waals surface area contributed by atoms with E-state index in [1.807, 2.05) is 18.2 Å². The van der Waals surface area contributed by atoms with Gasteiger partial charge < -0.3 is 5.32 Å². The highest BCUT2D eigenvalue weighted by Crippen LogP contribution is 2.23. The molecule has 0 bridgehead atoms. The average Bonchev–Trinajstić information content (AvgIpc) is 2.39. The van der Waals surface area contributed by atoms with Gasteiger partial charge >= 0.3 is 0 Å². The molecule has 0 saturated carbocycles. The van der Waals surface area contributed by atoms with Crippen molar-refractivity contribution < 1.29 is 0 Å². The van der Waals surface area contributed by atoms with Crippen LogP contribution in [0.5, 0.6) is 0 Å². The minimum Gasteiger partial charge on any atom is -0.380 e. The van der Waals surface area contributed by atoms with Crippen molar-refractivity contribution in [3.05, 3.63) is 62.2 Å². The summed E-state index contributed by atoms with van der Waals surface area (Å²) in [6, 6.07) is 14.8. The number of hydrogen-bond acceptors (Lipinski definition) is 1. The summed E-state index contributed by atoms with van der Waals surface area (Å²) in [7, 11) is 0. The first-order valence-electron chi connectivity index (χ1n) is 6.81. The summed E-state index contributed by atoms with van der Waals surface area (Å²) < 4.78 is 1.14. The Morgan fingerprint density at radius 1 is 1.05 bits per heavy atom. The maximum atomic E-state index is 5.96. The molecule has 0 aliphatic heterocycles. The minimum atomic E-state index is 0.703. The van der Waals surface area contributed by atoms with Gasteiger partial charge in [-0.15, -0.1) is 0 Å². The summed E-state index contributed by atoms with van der Waals surface area (Å²) in [5.41, 5.74) is 3.83. The first-order valence-corrected chi connectivity index (χ1v) is 8.27. The average molecular weight is 400 g/mol. The lowest BCUT2D eigenvalue weighted by Crippen LogP contribution is -2.01. The molecule has 3 heteroatoms. The maximum absolute atomic E-state index is 5.96. The molecule has 106 valence electrons. The van der Waals surface area contributed by atoms with E-state index in [4.69, 9.17) is 11.6 Å². The van der Waals surface area contributed by atoms with Crippen LogP contribution in [0, 0.1) is 9.49 Å². The largest absolute Gasteiger partial charge is 0.380 e. The molecule has 2 rings (SSSR count). The quantitative estimate of drug-likeness (QED) is 0.631. The lowest BCUT2D eigenvalue weighted by Gasteiger charge is -2.10. The van der Waals surface area contributed by atoms with Crippen LogP contribution in [0.1, 0.15) is 25.0 Å². The van der Waals surface area contributed by atoms with E-state index in [2.05, 4.69) is 66.0 Å². The van der Waals surface area contributed by atoms with Crippen molar-refractivity contribution in [1.82, 2.24) is 0 Å². The molecule has 0 saturated heterocycles. The second-order valence-corrected chi connectivity index (χ2v) is 6.99. The topological polar surface area (TPSA) is 12.0 Å². The number of anilines is 1. The Labute approximate surface area is 139 Å². The molecule has 2 aromatic carbocycles. The number of hydrogen-bond donors (Lipinski definition) is 1. The molecular weight excluding hydrogens is 381 g/mol. The van der Waals surface area contributed by atoms with E-state index in [0.29, 0.717) is 5.92 Å². The Balaban J connectivity index is 1.96. The fourth-order valence-corrected chi connectivity index (χ4v) is 3.16. The van der Waals surface area contributed by atoms with Gasteiger partial charge in [-0.1, -0.05) is 49.7 Å².